The minimum absolute atomic E-state index is 0.00436. The number of nitriles is 1. The van der Waals surface area contributed by atoms with Crippen molar-refractivity contribution in [1.82, 2.24) is 9.80 Å². The first-order valence-corrected chi connectivity index (χ1v) is 18.4. The molecule has 4 aromatic rings. The molecule has 5 rings (SSSR count). The Morgan fingerprint density at radius 2 is 1.74 bits per heavy atom. The van der Waals surface area contributed by atoms with Gasteiger partial charge in [0.1, 0.15) is 11.8 Å². The summed E-state index contributed by atoms with van der Waals surface area (Å²) in [5, 5.41) is 12.6. The molecule has 1 saturated heterocycles. The zero-order chi connectivity index (χ0) is 33.7. The number of hydrogen-bond donors (Lipinski definition) is 0. The van der Waals surface area contributed by atoms with E-state index in [1.54, 1.807) is 18.3 Å². The number of likely N-dealkylation sites (N-methyl/N-ethyl adjacent to an activating group) is 1. The molecule has 0 aliphatic carbocycles. The summed E-state index contributed by atoms with van der Waals surface area (Å²) in [6, 6.07) is 23.8. The van der Waals surface area contributed by atoms with E-state index < -0.39 is 10.8 Å². The Morgan fingerprint density at radius 1 is 1.06 bits per heavy atom. The number of halogens is 2. The van der Waals surface area contributed by atoms with Crippen molar-refractivity contribution in [3.63, 3.8) is 0 Å². The number of benzene rings is 4. The smallest absolute Gasteiger partial charge is 0.254 e. The number of rotatable bonds is 11. The molecule has 0 spiro atoms. The van der Waals surface area contributed by atoms with Crippen molar-refractivity contribution in [3.05, 3.63) is 105 Å². The van der Waals surface area contributed by atoms with E-state index in [0.717, 1.165) is 60.1 Å². The lowest BCUT2D eigenvalue weighted by Crippen LogP contribution is -2.36. The van der Waals surface area contributed by atoms with Crippen molar-refractivity contribution in [2.24, 2.45) is 0 Å². The number of ether oxygens (including phenoxy) is 1. The second-order valence-electron chi connectivity index (χ2n) is 12.2. The summed E-state index contributed by atoms with van der Waals surface area (Å²) < 4.78 is 18.0. The van der Waals surface area contributed by atoms with Crippen molar-refractivity contribution in [2.45, 2.75) is 49.3 Å². The number of methoxy groups -OCH3 is 1. The topological polar surface area (TPSA) is 73.6 Å². The van der Waals surface area contributed by atoms with Crippen LogP contribution in [-0.4, -0.2) is 66.5 Å². The summed E-state index contributed by atoms with van der Waals surface area (Å²) in [5.74, 6) is 0.772. The lowest BCUT2D eigenvalue weighted by molar-refractivity contribution is 0.0782. The first kappa shape index (κ1) is 34.9. The Hall–Kier alpha value is -3.41. The number of carbonyl (C=O) groups is 1. The molecule has 2 atom stereocenters. The maximum Gasteiger partial charge on any atom is 0.254 e. The SMILES string of the molecule is CCc1c(C#N)c(OC)c2ccccc2c1C(=O)N(C)CC(CCN1CCC(c2ccccc2[S@](C)=O)CC1)c1ccc(Cl)c(Cl)c1. The predicted octanol–water partition coefficient (Wildman–Crippen LogP) is 8.45. The number of likely N-dealkylation sites (tertiary alicyclic amines) is 1. The molecule has 1 aliphatic heterocycles. The van der Waals surface area contributed by atoms with Crippen molar-refractivity contribution in [1.29, 1.82) is 5.26 Å². The Bertz CT molecular complexity index is 1830. The Kier molecular flexibility index (Phi) is 11.6. The first-order chi connectivity index (χ1) is 22.7. The molecule has 1 unspecified atom stereocenters. The van der Waals surface area contributed by atoms with E-state index >= 15 is 0 Å². The van der Waals surface area contributed by atoms with Crippen LogP contribution < -0.4 is 4.74 Å². The minimum atomic E-state index is -1.01. The number of piperidine rings is 1. The van der Waals surface area contributed by atoms with E-state index in [-0.39, 0.29) is 11.8 Å². The molecule has 6 nitrogen and oxygen atoms in total. The fourth-order valence-corrected chi connectivity index (χ4v) is 8.15. The fraction of sp³-hybridized carbons (Fsp3) is 0.368. The number of carbonyl (C=O) groups excluding carboxylic acids is 1. The molecule has 47 heavy (non-hydrogen) atoms. The number of fused-ring (bicyclic) bond motifs is 1. The first-order valence-electron chi connectivity index (χ1n) is 16.0. The lowest BCUT2D eigenvalue weighted by Gasteiger charge is -2.34. The van der Waals surface area contributed by atoms with Gasteiger partial charge in [-0.05, 0) is 91.5 Å². The highest BCUT2D eigenvalue weighted by molar-refractivity contribution is 7.84. The van der Waals surface area contributed by atoms with E-state index in [2.05, 4.69) is 17.0 Å². The van der Waals surface area contributed by atoms with Crippen LogP contribution in [0.4, 0.5) is 0 Å². The molecule has 0 N–H and O–H groups in total. The largest absolute Gasteiger partial charge is 0.495 e. The summed E-state index contributed by atoms with van der Waals surface area (Å²) in [7, 11) is 2.38. The molecule has 0 bridgehead atoms. The standard InChI is InChI=1S/C38H41Cl2N3O3S/c1-5-28-32(23-41)37(46-3)31-12-7-6-11-30(31)36(28)38(44)42(2)24-27(26-14-15-33(39)34(40)22-26)18-21-43-19-16-25(17-20-43)29-10-8-9-13-35(29)47(4)45/h6-15,22,25,27H,5,16-21,24H2,1-4H3/t27?,47-/m0/s1. The zero-order valence-electron chi connectivity index (χ0n) is 27.4. The molecule has 1 fully saturated rings. The van der Waals surface area contributed by atoms with Crippen LogP contribution in [0.15, 0.2) is 71.6 Å². The molecule has 4 aromatic carbocycles. The molecule has 246 valence electrons. The summed E-state index contributed by atoms with van der Waals surface area (Å²) in [4.78, 5) is 19.5. The van der Waals surface area contributed by atoms with Gasteiger partial charge >= 0.3 is 0 Å². The number of amides is 1. The van der Waals surface area contributed by atoms with Gasteiger partial charge in [-0.25, -0.2) is 0 Å². The van der Waals surface area contributed by atoms with Crippen LogP contribution in [0.3, 0.4) is 0 Å². The average molecular weight is 691 g/mol. The van der Waals surface area contributed by atoms with Gasteiger partial charge in [0.25, 0.3) is 5.91 Å². The van der Waals surface area contributed by atoms with Gasteiger partial charge in [0, 0.05) is 36.0 Å². The average Bonchev–Trinajstić information content (AvgIpc) is 3.09. The van der Waals surface area contributed by atoms with E-state index in [0.29, 0.717) is 51.4 Å². The molecule has 1 amide bonds. The zero-order valence-corrected chi connectivity index (χ0v) is 29.7. The van der Waals surface area contributed by atoms with Crippen molar-refractivity contribution in [2.75, 3.05) is 46.6 Å². The van der Waals surface area contributed by atoms with Crippen molar-refractivity contribution < 1.29 is 13.7 Å². The van der Waals surface area contributed by atoms with Crippen molar-refractivity contribution >= 4 is 50.7 Å². The van der Waals surface area contributed by atoms with Gasteiger partial charge in [0.2, 0.25) is 0 Å². The number of nitrogens with zero attached hydrogens (tertiary/aromatic N) is 3. The van der Waals surface area contributed by atoms with E-state index in [1.807, 2.05) is 74.6 Å². The molecule has 0 radical (unpaired) electrons. The van der Waals surface area contributed by atoms with Gasteiger partial charge in [-0.3, -0.25) is 9.00 Å². The third kappa shape index (κ3) is 7.52. The maximum atomic E-state index is 14.3. The number of hydrogen-bond acceptors (Lipinski definition) is 5. The van der Waals surface area contributed by atoms with Gasteiger partial charge in [0.15, 0.2) is 0 Å². The van der Waals surface area contributed by atoms with E-state index in [1.165, 1.54) is 5.56 Å². The van der Waals surface area contributed by atoms with Gasteiger partial charge in [-0.2, -0.15) is 5.26 Å². The summed E-state index contributed by atoms with van der Waals surface area (Å²) >= 11 is 12.8. The van der Waals surface area contributed by atoms with Crippen LogP contribution in [-0.2, 0) is 17.2 Å². The molecule has 9 heteroatoms. The summed E-state index contributed by atoms with van der Waals surface area (Å²) in [6.45, 7) is 5.20. The monoisotopic (exact) mass is 689 g/mol. The normalized spacial score (nSPS) is 15.3. The molecule has 0 aromatic heterocycles. The van der Waals surface area contributed by atoms with Crippen LogP contribution in [0.1, 0.15) is 70.6 Å². The highest BCUT2D eigenvalue weighted by Crippen LogP contribution is 2.38. The molecule has 1 aliphatic rings. The summed E-state index contributed by atoms with van der Waals surface area (Å²) in [6.07, 6.45) is 5.11. The van der Waals surface area contributed by atoms with Crippen molar-refractivity contribution in [3.8, 4) is 11.8 Å². The quantitative estimate of drug-likeness (QED) is 0.158. The Labute approximate surface area is 290 Å². The highest BCUT2D eigenvalue weighted by Gasteiger charge is 2.28. The summed E-state index contributed by atoms with van der Waals surface area (Å²) in [5.41, 5.74) is 3.89. The molecule has 1 heterocycles. The predicted molar refractivity (Wildman–Crippen MR) is 193 cm³/mol. The van der Waals surface area contributed by atoms with Gasteiger partial charge in [0.05, 0.1) is 39.1 Å². The minimum Gasteiger partial charge on any atom is -0.495 e. The van der Waals surface area contributed by atoms with E-state index in [9.17, 15) is 14.3 Å². The third-order valence-corrected chi connectivity index (χ3v) is 11.2. The van der Waals surface area contributed by atoms with Crippen LogP contribution >= 0.6 is 23.2 Å². The van der Waals surface area contributed by atoms with Gasteiger partial charge in [-0.1, -0.05) is 78.7 Å². The third-order valence-electron chi connectivity index (χ3n) is 9.46. The maximum absolute atomic E-state index is 14.3. The Balaban J connectivity index is 1.37. The van der Waals surface area contributed by atoms with Crippen LogP contribution in [0.5, 0.6) is 5.75 Å². The van der Waals surface area contributed by atoms with Gasteiger partial charge in [-0.15, -0.1) is 0 Å². The second-order valence-corrected chi connectivity index (χ2v) is 14.4. The fourth-order valence-electron chi connectivity index (χ4n) is 7.01. The molecular weight excluding hydrogens is 649 g/mol. The molecular formula is C38H41Cl2N3O3S. The second kappa shape index (κ2) is 15.7. The van der Waals surface area contributed by atoms with Crippen LogP contribution in [0.2, 0.25) is 10.0 Å². The Morgan fingerprint density at radius 3 is 2.38 bits per heavy atom. The van der Waals surface area contributed by atoms with Crippen LogP contribution in [0.25, 0.3) is 10.8 Å². The molecule has 0 saturated carbocycles. The van der Waals surface area contributed by atoms with Crippen LogP contribution in [0, 0.1) is 11.3 Å². The van der Waals surface area contributed by atoms with E-state index in [4.69, 9.17) is 27.9 Å². The van der Waals surface area contributed by atoms with Gasteiger partial charge < -0.3 is 14.5 Å². The lowest BCUT2D eigenvalue weighted by atomic mass is 9.88. The highest BCUT2D eigenvalue weighted by atomic mass is 35.5.